The maximum Gasteiger partial charge on any atom is 0.123 e. The molecule has 0 atom stereocenters. The SMILES string of the molecule is NCc1ccc(-c2csc(Cc3cccc(F)c3)n2)cc1. The lowest BCUT2D eigenvalue weighted by Gasteiger charge is -2.00. The molecule has 2 nitrogen and oxygen atoms in total. The Hall–Kier alpha value is -2.04. The molecule has 4 heteroatoms. The maximum absolute atomic E-state index is 13.2. The van der Waals surface area contributed by atoms with E-state index < -0.39 is 0 Å². The Morgan fingerprint density at radius 3 is 2.57 bits per heavy atom. The molecule has 0 aliphatic heterocycles. The number of rotatable bonds is 4. The molecule has 0 unspecified atom stereocenters. The van der Waals surface area contributed by atoms with Crippen LogP contribution in [0.2, 0.25) is 0 Å². The summed E-state index contributed by atoms with van der Waals surface area (Å²) in [6.45, 7) is 0.544. The van der Waals surface area contributed by atoms with Gasteiger partial charge in [0.05, 0.1) is 10.7 Å². The van der Waals surface area contributed by atoms with Crippen molar-refractivity contribution in [1.82, 2.24) is 4.98 Å². The van der Waals surface area contributed by atoms with Crippen molar-refractivity contribution in [2.75, 3.05) is 0 Å². The highest BCUT2D eigenvalue weighted by atomic mass is 32.1. The molecule has 0 spiro atoms. The van der Waals surface area contributed by atoms with Crippen LogP contribution in [0.25, 0.3) is 11.3 Å². The first-order valence-corrected chi connectivity index (χ1v) is 7.61. The van der Waals surface area contributed by atoms with E-state index in [-0.39, 0.29) is 5.82 Å². The molecular formula is C17H15FN2S. The quantitative estimate of drug-likeness (QED) is 0.790. The fourth-order valence-electron chi connectivity index (χ4n) is 2.16. The van der Waals surface area contributed by atoms with Crippen LogP contribution < -0.4 is 5.73 Å². The topological polar surface area (TPSA) is 38.9 Å². The van der Waals surface area contributed by atoms with Gasteiger partial charge in [0.25, 0.3) is 0 Å². The molecule has 1 aromatic heterocycles. The smallest absolute Gasteiger partial charge is 0.123 e. The van der Waals surface area contributed by atoms with Gasteiger partial charge in [0.15, 0.2) is 0 Å². The minimum atomic E-state index is -0.207. The van der Waals surface area contributed by atoms with Gasteiger partial charge in [-0.2, -0.15) is 0 Å². The summed E-state index contributed by atoms with van der Waals surface area (Å²) in [5.74, 6) is -0.207. The first-order valence-electron chi connectivity index (χ1n) is 6.73. The third-order valence-electron chi connectivity index (χ3n) is 3.28. The summed E-state index contributed by atoms with van der Waals surface area (Å²) in [7, 11) is 0. The Bertz CT molecular complexity index is 735. The molecule has 0 saturated heterocycles. The largest absolute Gasteiger partial charge is 0.326 e. The van der Waals surface area contributed by atoms with Crippen LogP contribution in [0, 0.1) is 5.82 Å². The van der Waals surface area contributed by atoms with Gasteiger partial charge in [0, 0.05) is 23.9 Å². The van der Waals surface area contributed by atoms with E-state index in [1.165, 1.54) is 6.07 Å². The highest BCUT2D eigenvalue weighted by Crippen LogP contribution is 2.24. The second kappa shape index (κ2) is 6.16. The summed E-state index contributed by atoms with van der Waals surface area (Å²) in [5.41, 5.74) is 9.67. The minimum Gasteiger partial charge on any atom is -0.326 e. The molecule has 0 aliphatic carbocycles. The Labute approximate surface area is 127 Å². The van der Waals surface area contributed by atoms with E-state index in [0.717, 1.165) is 27.4 Å². The Morgan fingerprint density at radius 1 is 1.05 bits per heavy atom. The summed E-state index contributed by atoms with van der Waals surface area (Å²) in [6.07, 6.45) is 0.656. The predicted octanol–water partition coefficient (Wildman–Crippen LogP) is 4.00. The summed E-state index contributed by atoms with van der Waals surface area (Å²) >= 11 is 1.60. The summed E-state index contributed by atoms with van der Waals surface area (Å²) in [5, 5.41) is 3.02. The maximum atomic E-state index is 13.2. The molecule has 106 valence electrons. The molecule has 2 aromatic carbocycles. The average molecular weight is 298 g/mol. The molecule has 2 N–H and O–H groups in total. The van der Waals surface area contributed by atoms with Crippen LogP contribution in [0.4, 0.5) is 4.39 Å². The van der Waals surface area contributed by atoms with Gasteiger partial charge in [-0.05, 0) is 23.3 Å². The molecule has 1 heterocycles. The number of nitrogens with two attached hydrogens (primary N) is 1. The minimum absolute atomic E-state index is 0.207. The lowest BCUT2D eigenvalue weighted by atomic mass is 10.1. The summed E-state index contributed by atoms with van der Waals surface area (Å²) in [4.78, 5) is 4.63. The van der Waals surface area contributed by atoms with E-state index >= 15 is 0 Å². The van der Waals surface area contributed by atoms with Crippen LogP contribution in [0.3, 0.4) is 0 Å². The van der Waals surface area contributed by atoms with Gasteiger partial charge >= 0.3 is 0 Å². The van der Waals surface area contributed by atoms with Gasteiger partial charge in [0.2, 0.25) is 0 Å². The lowest BCUT2D eigenvalue weighted by molar-refractivity contribution is 0.626. The summed E-state index contributed by atoms with van der Waals surface area (Å²) < 4.78 is 13.2. The molecule has 0 saturated carbocycles. The van der Waals surface area contributed by atoms with Crippen LogP contribution in [-0.2, 0) is 13.0 Å². The van der Waals surface area contributed by atoms with Gasteiger partial charge in [-0.15, -0.1) is 11.3 Å². The van der Waals surface area contributed by atoms with E-state index in [0.29, 0.717) is 13.0 Å². The molecular weight excluding hydrogens is 283 g/mol. The van der Waals surface area contributed by atoms with Crippen molar-refractivity contribution in [2.24, 2.45) is 5.73 Å². The number of nitrogens with zero attached hydrogens (tertiary/aromatic N) is 1. The van der Waals surface area contributed by atoms with Crippen LogP contribution in [0.5, 0.6) is 0 Å². The van der Waals surface area contributed by atoms with Crippen molar-refractivity contribution < 1.29 is 4.39 Å². The highest BCUT2D eigenvalue weighted by Gasteiger charge is 2.06. The highest BCUT2D eigenvalue weighted by molar-refractivity contribution is 7.10. The monoisotopic (exact) mass is 298 g/mol. The molecule has 3 aromatic rings. The molecule has 0 bridgehead atoms. The molecule has 21 heavy (non-hydrogen) atoms. The van der Waals surface area contributed by atoms with E-state index in [2.05, 4.69) is 4.98 Å². The zero-order chi connectivity index (χ0) is 14.7. The van der Waals surface area contributed by atoms with Gasteiger partial charge in [-0.25, -0.2) is 9.37 Å². The molecule has 0 radical (unpaired) electrons. The molecule has 0 amide bonds. The number of hydrogen-bond acceptors (Lipinski definition) is 3. The van der Waals surface area contributed by atoms with Crippen LogP contribution in [-0.4, -0.2) is 4.98 Å². The zero-order valence-electron chi connectivity index (χ0n) is 11.4. The van der Waals surface area contributed by atoms with Crippen LogP contribution >= 0.6 is 11.3 Å². The fraction of sp³-hybridized carbons (Fsp3) is 0.118. The van der Waals surface area contributed by atoms with Crippen molar-refractivity contribution in [2.45, 2.75) is 13.0 Å². The normalized spacial score (nSPS) is 10.8. The number of benzene rings is 2. The van der Waals surface area contributed by atoms with Crippen molar-refractivity contribution in [3.8, 4) is 11.3 Å². The van der Waals surface area contributed by atoms with Crippen molar-refractivity contribution >= 4 is 11.3 Å². The second-order valence-corrected chi connectivity index (χ2v) is 5.78. The van der Waals surface area contributed by atoms with Crippen LogP contribution in [0.15, 0.2) is 53.9 Å². The van der Waals surface area contributed by atoms with Crippen molar-refractivity contribution in [3.05, 3.63) is 75.9 Å². The molecule has 0 fully saturated rings. The Balaban J connectivity index is 1.79. The van der Waals surface area contributed by atoms with E-state index in [1.807, 2.05) is 35.7 Å². The molecule has 0 aliphatic rings. The van der Waals surface area contributed by atoms with Gasteiger partial charge in [-0.3, -0.25) is 0 Å². The van der Waals surface area contributed by atoms with E-state index in [9.17, 15) is 4.39 Å². The van der Waals surface area contributed by atoms with Crippen LogP contribution in [0.1, 0.15) is 16.1 Å². The lowest BCUT2D eigenvalue weighted by Crippen LogP contribution is -1.95. The fourth-order valence-corrected chi connectivity index (χ4v) is 3.00. The number of aromatic nitrogens is 1. The molecule has 3 rings (SSSR count). The van der Waals surface area contributed by atoms with Gasteiger partial charge < -0.3 is 5.73 Å². The standard InChI is InChI=1S/C17H15FN2S/c18-15-3-1-2-13(8-15)9-17-20-16(11-21-17)14-6-4-12(10-19)5-7-14/h1-8,11H,9-10,19H2. The number of halogens is 1. The van der Waals surface area contributed by atoms with Crippen molar-refractivity contribution in [1.29, 1.82) is 0 Å². The Kier molecular flexibility index (Phi) is 4.08. The zero-order valence-corrected chi connectivity index (χ0v) is 12.2. The predicted molar refractivity (Wildman–Crippen MR) is 84.6 cm³/mol. The first kappa shape index (κ1) is 13.9. The summed E-state index contributed by atoms with van der Waals surface area (Å²) in [6, 6.07) is 14.7. The average Bonchev–Trinajstić information content (AvgIpc) is 2.96. The Morgan fingerprint density at radius 2 is 1.86 bits per heavy atom. The number of thiazole rings is 1. The second-order valence-electron chi connectivity index (χ2n) is 4.83. The van der Waals surface area contributed by atoms with E-state index in [1.54, 1.807) is 23.5 Å². The van der Waals surface area contributed by atoms with E-state index in [4.69, 9.17) is 5.73 Å². The first-order chi connectivity index (χ1) is 10.2. The number of hydrogen-bond donors (Lipinski definition) is 1. The third kappa shape index (κ3) is 3.35. The van der Waals surface area contributed by atoms with Gasteiger partial charge in [0.1, 0.15) is 5.82 Å². The van der Waals surface area contributed by atoms with Gasteiger partial charge in [-0.1, -0.05) is 36.4 Å². The van der Waals surface area contributed by atoms with Crippen molar-refractivity contribution in [3.63, 3.8) is 0 Å². The third-order valence-corrected chi connectivity index (χ3v) is 4.13.